The van der Waals surface area contributed by atoms with Gasteiger partial charge < -0.3 is 5.32 Å². The number of hydrogen-bond donors (Lipinski definition) is 2. The molecule has 4 nitrogen and oxygen atoms in total. The number of hydrogen-bond acceptors (Lipinski definition) is 3. The van der Waals surface area contributed by atoms with Crippen molar-refractivity contribution in [2.24, 2.45) is 0 Å². The van der Waals surface area contributed by atoms with Crippen molar-refractivity contribution >= 4 is 26.0 Å². The van der Waals surface area contributed by atoms with E-state index in [-0.39, 0.29) is 5.75 Å². The van der Waals surface area contributed by atoms with Gasteiger partial charge in [-0.1, -0.05) is 28.1 Å². The number of halogens is 1. The van der Waals surface area contributed by atoms with Crippen LogP contribution in [0.3, 0.4) is 0 Å². The van der Waals surface area contributed by atoms with Crippen molar-refractivity contribution in [2.75, 3.05) is 19.3 Å². The van der Waals surface area contributed by atoms with Crippen LogP contribution in [0.4, 0.5) is 0 Å². The number of sulfonamides is 1. The van der Waals surface area contributed by atoms with E-state index in [1.54, 1.807) is 0 Å². The van der Waals surface area contributed by atoms with Gasteiger partial charge in [-0.05, 0) is 37.7 Å². The minimum Gasteiger partial charge on any atom is -0.320 e. The standard InChI is InChI=1S/C11H17BrN2O2S/c1-13-7-2-8-17(15,16)14-9-10-3-5-11(12)6-4-10/h3-6,13-14H,2,7-9H2,1H3. The van der Waals surface area contributed by atoms with Crippen LogP contribution in [-0.2, 0) is 16.6 Å². The molecule has 1 aromatic rings. The molecule has 17 heavy (non-hydrogen) atoms. The van der Waals surface area contributed by atoms with Crippen LogP contribution in [0.15, 0.2) is 28.7 Å². The van der Waals surface area contributed by atoms with E-state index in [0.717, 1.165) is 10.0 Å². The lowest BCUT2D eigenvalue weighted by Gasteiger charge is -2.06. The zero-order valence-electron chi connectivity index (χ0n) is 9.74. The van der Waals surface area contributed by atoms with Crippen LogP contribution < -0.4 is 10.0 Å². The van der Waals surface area contributed by atoms with E-state index in [9.17, 15) is 8.42 Å². The lowest BCUT2D eigenvalue weighted by atomic mass is 10.2. The smallest absolute Gasteiger partial charge is 0.211 e. The monoisotopic (exact) mass is 320 g/mol. The highest BCUT2D eigenvalue weighted by molar-refractivity contribution is 9.10. The molecule has 0 aliphatic rings. The topological polar surface area (TPSA) is 58.2 Å². The summed E-state index contributed by atoms with van der Waals surface area (Å²) in [7, 11) is -1.36. The van der Waals surface area contributed by atoms with E-state index in [0.29, 0.717) is 19.5 Å². The SMILES string of the molecule is CNCCCS(=O)(=O)NCc1ccc(Br)cc1. The van der Waals surface area contributed by atoms with E-state index in [4.69, 9.17) is 0 Å². The van der Waals surface area contributed by atoms with Crippen molar-refractivity contribution in [3.05, 3.63) is 34.3 Å². The van der Waals surface area contributed by atoms with E-state index in [2.05, 4.69) is 26.0 Å². The predicted octanol–water partition coefficient (Wildman–Crippen LogP) is 1.48. The fourth-order valence-electron chi connectivity index (χ4n) is 1.31. The fraction of sp³-hybridized carbons (Fsp3) is 0.455. The third-order valence-electron chi connectivity index (χ3n) is 2.25. The molecular formula is C11H17BrN2O2S. The Morgan fingerprint density at radius 2 is 1.88 bits per heavy atom. The van der Waals surface area contributed by atoms with Gasteiger partial charge in [-0.2, -0.15) is 0 Å². The van der Waals surface area contributed by atoms with Crippen LogP contribution in [0, 0.1) is 0 Å². The summed E-state index contributed by atoms with van der Waals surface area (Å²) in [6, 6.07) is 7.57. The maximum absolute atomic E-state index is 11.6. The Hall–Kier alpha value is -0.430. The summed E-state index contributed by atoms with van der Waals surface area (Å²) < 4.78 is 26.8. The Labute approximate surface area is 111 Å². The molecular weight excluding hydrogens is 304 g/mol. The minimum atomic E-state index is -3.16. The second kappa shape index (κ2) is 7.10. The highest BCUT2D eigenvalue weighted by Crippen LogP contribution is 2.10. The van der Waals surface area contributed by atoms with Crippen LogP contribution in [0.2, 0.25) is 0 Å². The molecule has 1 aromatic carbocycles. The third kappa shape index (κ3) is 6.16. The highest BCUT2D eigenvalue weighted by atomic mass is 79.9. The number of rotatable bonds is 7. The average molecular weight is 321 g/mol. The Balaban J connectivity index is 2.41. The van der Waals surface area contributed by atoms with Gasteiger partial charge in [0, 0.05) is 11.0 Å². The molecule has 1 rings (SSSR count). The first kappa shape index (κ1) is 14.6. The van der Waals surface area contributed by atoms with E-state index in [1.165, 1.54) is 0 Å². The summed E-state index contributed by atoms with van der Waals surface area (Å²) >= 11 is 3.33. The van der Waals surface area contributed by atoms with E-state index in [1.807, 2.05) is 31.3 Å². The van der Waals surface area contributed by atoms with Crippen molar-refractivity contribution in [1.29, 1.82) is 0 Å². The number of benzene rings is 1. The van der Waals surface area contributed by atoms with Crippen molar-refractivity contribution in [1.82, 2.24) is 10.0 Å². The minimum absolute atomic E-state index is 0.157. The largest absolute Gasteiger partial charge is 0.320 e. The summed E-state index contributed by atoms with van der Waals surface area (Å²) in [6.07, 6.45) is 0.617. The zero-order chi connectivity index (χ0) is 12.7. The quantitative estimate of drug-likeness (QED) is 0.748. The molecule has 0 aliphatic heterocycles. The molecule has 0 bridgehead atoms. The lowest BCUT2D eigenvalue weighted by Crippen LogP contribution is -2.27. The van der Waals surface area contributed by atoms with Crippen molar-refractivity contribution in [3.63, 3.8) is 0 Å². The summed E-state index contributed by atoms with van der Waals surface area (Å²) in [6.45, 7) is 1.05. The van der Waals surface area contributed by atoms with Gasteiger partial charge in [0.25, 0.3) is 0 Å². The summed E-state index contributed by atoms with van der Waals surface area (Å²) in [5, 5.41) is 2.92. The fourth-order valence-corrected chi connectivity index (χ4v) is 2.63. The van der Waals surface area contributed by atoms with Crippen LogP contribution >= 0.6 is 15.9 Å². The molecule has 0 spiro atoms. The van der Waals surface area contributed by atoms with Gasteiger partial charge in [0.05, 0.1) is 5.75 Å². The molecule has 0 amide bonds. The second-order valence-corrected chi connectivity index (χ2v) is 6.57. The van der Waals surface area contributed by atoms with Gasteiger partial charge in [-0.25, -0.2) is 13.1 Å². The highest BCUT2D eigenvalue weighted by Gasteiger charge is 2.08. The van der Waals surface area contributed by atoms with Crippen molar-refractivity contribution in [3.8, 4) is 0 Å². The zero-order valence-corrected chi connectivity index (χ0v) is 12.1. The maximum atomic E-state index is 11.6. The predicted molar refractivity (Wildman–Crippen MR) is 73.3 cm³/mol. The molecule has 0 saturated carbocycles. The van der Waals surface area contributed by atoms with Crippen molar-refractivity contribution in [2.45, 2.75) is 13.0 Å². The van der Waals surface area contributed by atoms with Crippen LogP contribution in [-0.4, -0.2) is 27.8 Å². The average Bonchev–Trinajstić information content (AvgIpc) is 2.29. The Morgan fingerprint density at radius 3 is 2.47 bits per heavy atom. The molecule has 0 fully saturated rings. The van der Waals surface area contributed by atoms with Gasteiger partial charge in [0.1, 0.15) is 0 Å². The number of nitrogens with one attached hydrogen (secondary N) is 2. The third-order valence-corrected chi connectivity index (χ3v) is 4.19. The molecule has 0 unspecified atom stereocenters. The molecule has 0 saturated heterocycles. The van der Waals surface area contributed by atoms with Gasteiger partial charge >= 0.3 is 0 Å². The van der Waals surface area contributed by atoms with Crippen molar-refractivity contribution < 1.29 is 8.42 Å². The Bertz CT molecular complexity index is 431. The molecule has 6 heteroatoms. The first-order valence-electron chi connectivity index (χ1n) is 5.40. The van der Waals surface area contributed by atoms with E-state index >= 15 is 0 Å². The summed E-state index contributed by atoms with van der Waals surface area (Å²) in [5.41, 5.74) is 0.949. The normalized spacial score (nSPS) is 11.6. The van der Waals surface area contributed by atoms with Gasteiger partial charge in [0.2, 0.25) is 10.0 Å². The molecule has 0 aliphatic carbocycles. The summed E-state index contributed by atoms with van der Waals surface area (Å²) in [4.78, 5) is 0. The molecule has 2 N–H and O–H groups in total. The molecule has 96 valence electrons. The Kier molecular flexibility index (Phi) is 6.11. The molecule has 0 radical (unpaired) electrons. The lowest BCUT2D eigenvalue weighted by molar-refractivity contribution is 0.577. The van der Waals surface area contributed by atoms with E-state index < -0.39 is 10.0 Å². The Morgan fingerprint density at radius 1 is 1.24 bits per heavy atom. The van der Waals surface area contributed by atoms with Gasteiger partial charge in [-0.3, -0.25) is 0 Å². The molecule has 0 aromatic heterocycles. The first-order valence-corrected chi connectivity index (χ1v) is 7.84. The molecule has 0 heterocycles. The van der Waals surface area contributed by atoms with Crippen LogP contribution in [0.1, 0.15) is 12.0 Å². The van der Waals surface area contributed by atoms with Gasteiger partial charge in [0.15, 0.2) is 0 Å². The van der Waals surface area contributed by atoms with Crippen LogP contribution in [0.5, 0.6) is 0 Å². The maximum Gasteiger partial charge on any atom is 0.211 e. The summed E-state index contributed by atoms with van der Waals surface area (Å²) in [5.74, 6) is 0.157. The molecule has 0 atom stereocenters. The second-order valence-electron chi connectivity index (χ2n) is 3.72. The first-order chi connectivity index (χ1) is 8.03. The van der Waals surface area contributed by atoms with Crippen LogP contribution in [0.25, 0.3) is 0 Å². The van der Waals surface area contributed by atoms with Gasteiger partial charge in [-0.15, -0.1) is 0 Å².